The van der Waals surface area contributed by atoms with Crippen molar-refractivity contribution in [2.24, 2.45) is 0 Å². The van der Waals surface area contributed by atoms with E-state index in [9.17, 15) is 14.4 Å². The van der Waals surface area contributed by atoms with Crippen LogP contribution in [0.15, 0.2) is 33.9 Å². The lowest BCUT2D eigenvalue weighted by atomic mass is 10.1. The first-order chi connectivity index (χ1) is 10.6. The highest BCUT2D eigenvalue weighted by molar-refractivity contribution is 5.90. The Morgan fingerprint density at radius 2 is 1.95 bits per heavy atom. The number of nitrogens with one attached hydrogen (secondary N) is 3. The minimum Gasteiger partial charge on any atom is -0.326 e. The summed E-state index contributed by atoms with van der Waals surface area (Å²) >= 11 is 0. The molecule has 22 heavy (non-hydrogen) atoms. The zero-order valence-electron chi connectivity index (χ0n) is 12.1. The minimum atomic E-state index is -0.484. The fourth-order valence-corrected chi connectivity index (χ4v) is 2.45. The van der Waals surface area contributed by atoms with Crippen molar-refractivity contribution in [1.29, 1.82) is 0 Å². The van der Waals surface area contributed by atoms with Gasteiger partial charge in [-0.1, -0.05) is 12.1 Å². The van der Waals surface area contributed by atoms with Crippen LogP contribution in [0, 0.1) is 0 Å². The van der Waals surface area contributed by atoms with Gasteiger partial charge in [0.1, 0.15) is 0 Å². The number of H-pyrrole nitrogens is 2. The predicted molar refractivity (Wildman–Crippen MR) is 82.0 cm³/mol. The van der Waals surface area contributed by atoms with Gasteiger partial charge in [-0.25, -0.2) is 24.4 Å². The molecule has 0 aliphatic heterocycles. The van der Waals surface area contributed by atoms with Gasteiger partial charge in [-0.3, -0.25) is 4.79 Å². The van der Waals surface area contributed by atoms with Gasteiger partial charge in [-0.15, -0.1) is 0 Å². The van der Waals surface area contributed by atoms with Crippen molar-refractivity contribution in [2.75, 3.05) is 5.32 Å². The Labute approximate surface area is 126 Å². The summed E-state index contributed by atoms with van der Waals surface area (Å²) in [5, 5.41) is 7.27. The van der Waals surface area contributed by atoms with Gasteiger partial charge in [-0.2, -0.15) is 0 Å². The zero-order valence-corrected chi connectivity index (χ0v) is 12.1. The molecule has 0 spiro atoms. The highest BCUT2D eigenvalue weighted by atomic mass is 16.2. The average molecular weight is 302 g/mol. The monoisotopic (exact) mass is 302 g/mol. The van der Waals surface area contributed by atoms with Gasteiger partial charge < -0.3 is 5.32 Å². The van der Waals surface area contributed by atoms with E-state index in [4.69, 9.17) is 0 Å². The van der Waals surface area contributed by atoms with E-state index in [0.29, 0.717) is 12.3 Å². The maximum Gasteiger partial charge on any atom is 0.344 e. The highest BCUT2D eigenvalue weighted by Crippen LogP contribution is 2.40. The van der Waals surface area contributed by atoms with Crippen LogP contribution in [0.2, 0.25) is 0 Å². The summed E-state index contributed by atoms with van der Waals surface area (Å²) in [6.07, 6.45) is 3.12. The number of hydrogen-bond donors (Lipinski definition) is 3. The Hall–Kier alpha value is -2.57. The first-order valence-corrected chi connectivity index (χ1v) is 7.41. The molecule has 3 rings (SSSR count). The lowest BCUT2D eigenvalue weighted by Crippen LogP contribution is -2.27. The van der Waals surface area contributed by atoms with Crippen molar-refractivity contribution in [1.82, 2.24) is 14.8 Å². The second-order valence-corrected chi connectivity index (χ2v) is 5.56. The molecule has 0 bridgehead atoms. The normalized spacial score (nSPS) is 14.0. The van der Waals surface area contributed by atoms with Gasteiger partial charge in [0.2, 0.25) is 5.91 Å². The largest absolute Gasteiger partial charge is 0.344 e. The number of carbonyl (C=O) groups is 1. The molecule has 1 amide bonds. The van der Waals surface area contributed by atoms with E-state index in [0.717, 1.165) is 10.3 Å². The van der Waals surface area contributed by atoms with Crippen molar-refractivity contribution in [3.8, 4) is 0 Å². The van der Waals surface area contributed by atoms with E-state index in [-0.39, 0.29) is 18.9 Å². The summed E-state index contributed by atoms with van der Waals surface area (Å²) in [4.78, 5) is 34.5. The molecule has 0 atom stereocenters. The van der Waals surface area contributed by atoms with Crippen LogP contribution < -0.4 is 16.7 Å². The molecule has 1 aliphatic carbocycles. The maximum absolute atomic E-state index is 11.9. The third-order valence-electron chi connectivity index (χ3n) is 3.77. The molecule has 2 aromatic rings. The lowest BCUT2D eigenvalue weighted by molar-refractivity contribution is -0.116. The number of carbonyl (C=O) groups excluding carboxylic acids is 1. The van der Waals surface area contributed by atoms with E-state index in [1.165, 1.54) is 18.4 Å². The molecule has 7 nitrogen and oxygen atoms in total. The molecule has 0 radical (unpaired) electrons. The van der Waals surface area contributed by atoms with Gasteiger partial charge in [0, 0.05) is 18.7 Å². The van der Waals surface area contributed by atoms with Crippen molar-refractivity contribution >= 4 is 11.6 Å². The molecule has 1 aromatic carbocycles. The van der Waals surface area contributed by atoms with E-state index >= 15 is 0 Å². The van der Waals surface area contributed by atoms with Crippen molar-refractivity contribution in [3.05, 3.63) is 50.8 Å². The maximum atomic E-state index is 11.9. The lowest BCUT2D eigenvalue weighted by Gasteiger charge is -2.07. The van der Waals surface area contributed by atoms with Crippen molar-refractivity contribution in [2.45, 2.75) is 38.1 Å². The molecular weight excluding hydrogens is 284 g/mol. The van der Waals surface area contributed by atoms with Crippen molar-refractivity contribution in [3.63, 3.8) is 0 Å². The summed E-state index contributed by atoms with van der Waals surface area (Å²) in [5.41, 5.74) is 1.10. The second kappa shape index (κ2) is 6.05. The third kappa shape index (κ3) is 3.36. The molecule has 1 aliphatic rings. The molecule has 1 heterocycles. The predicted octanol–water partition coefficient (Wildman–Crippen LogP) is 1.16. The minimum absolute atomic E-state index is 0.118. The Kier molecular flexibility index (Phi) is 3.95. The van der Waals surface area contributed by atoms with E-state index in [1.54, 1.807) is 0 Å². The third-order valence-corrected chi connectivity index (χ3v) is 3.77. The fourth-order valence-electron chi connectivity index (χ4n) is 2.45. The molecule has 3 N–H and O–H groups in total. The Bertz CT molecular complexity index is 755. The smallest absolute Gasteiger partial charge is 0.326 e. The number of rotatable bonds is 6. The zero-order chi connectivity index (χ0) is 15.5. The highest BCUT2D eigenvalue weighted by Gasteiger charge is 2.23. The van der Waals surface area contributed by atoms with Gasteiger partial charge >= 0.3 is 11.4 Å². The molecule has 1 aromatic heterocycles. The molecule has 1 saturated carbocycles. The quantitative estimate of drug-likeness (QED) is 0.746. The summed E-state index contributed by atoms with van der Waals surface area (Å²) in [7, 11) is 0. The van der Waals surface area contributed by atoms with Crippen LogP contribution in [0.25, 0.3) is 0 Å². The second-order valence-electron chi connectivity index (χ2n) is 5.56. The molecule has 0 saturated heterocycles. The SMILES string of the molecule is O=C(CCCn1c(=O)[nH][nH]c1=O)Nc1cccc(C2CC2)c1. The summed E-state index contributed by atoms with van der Waals surface area (Å²) < 4.78 is 1.04. The Morgan fingerprint density at radius 1 is 1.23 bits per heavy atom. The van der Waals surface area contributed by atoms with Crippen LogP contribution in [-0.2, 0) is 11.3 Å². The number of aromatic amines is 2. The van der Waals surface area contributed by atoms with Crippen LogP contribution in [0.4, 0.5) is 5.69 Å². The molecule has 0 unspecified atom stereocenters. The van der Waals surface area contributed by atoms with E-state index in [1.807, 2.05) is 18.2 Å². The van der Waals surface area contributed by atoms with Crippen LogP contribution in [0.3, 0.4) is 0 Å². The van der Waals surface area contributed by atoms with Gasteiger partial charge in [0.15, 0.2) is 0 Å². The molecule has 116 valence electrons. The number of nitrogens with zero attached hydrogens (tertiary/aromatic N) is 1. The van der Waals surface area contributed by atoms with Crippen molar-refractivity contribution < 1.29 is 4.79 Å². The molecule has 1 fully saturated rings. The number of aromatic nitrogens is 3. The van der Waals surface area contributed by atoms with Crippen LogP contribution >= 0.6 is 0 Å². The van der Waals surface area contributed by atoms with Gasteiger partial charge in [0.25, 0.3) is 0 Å². The fraction of sp³-hybridized carbons (Fsp3) is 0.400. The number of hydrogen-bond acceptors (Lipinski definition) is 3. The number of anilines is 1. The van der Waals surface area contributed by atoms with E-state index < -0.39 is 11.4 Å². The topological polar surface area (TPSA) is 99.8 Å². The molecular formula is C15H18N4O3. The van der Waals surface area contributed by atoms with Crippen LogP contribution in [0.5, 0.6) is 0 Å². The summed E-state index contributed by atoms with van der Waals surface area (Å²) in [6.45, 7) is 0.215. The average Bonchev–Trinajstić information content (AvgIpc) is 3.29. The van der Waals surface area contributed by atoms with E-state index in [2.05, 4.69) is 21.6 Å². The first-order valence-electron chi connectivity index (χ1n) is 7.41. The van der Waals surface area contributed by atoms with Gasteiger partial charge in [0.05, 0.1) is 0 Å². The summed E-state index contributed by atoms with van der Waals surface area (Å²) in [5.74, 6) is 0.525. The van der Waals surface area contributed by atoms with Crippen LogP contribution in [-0.4, -0.2) is 20.7 Å². The standard InChI is InChI=1S/C15H18N4O3/c20-13(5-2-8-19-14(21)17-18-15(19)22)16-12-4-1-3-11(9-12)10-6-7-10/h1,3-4,9-10H,2,5-8H2,(H,16,20)(H,17,21)(H,18,22). The summed E-state index contributed by atoms with van der Waals surface area (Å²) in [6, 6.07) is 7.90. The Morgan fingerprint density at radius 3 is 2.64 bits per heavy atom. The number of amides is 1. The Balaban J connectivity index is 1.51. The number of benzene rings is 1. The van der Waals surface area contributed by atoms with Gasteiger partial charge in [-0.05, 0) is 42.9 Å². The van der Waals surface area contributed by atoms with Crippen LogP contribution in [0.1, 0.15) is 37.2 Å². The molecule has 7 heteroatoms. The first kappa shape index (κ1) is 14.4.